The number of carbonyl (C=O) groups excluding carboxylic acids is 1. The lowest BCUT2D eigenvalue weighted by molar-refractivity contribution is 0.0660. The molecule has 1 fully saturated rings. The summed E-state index contributed by atoms with van der Waals surface area (Å²) in [7, 11) is 0. The van der Waals surface area contributed by atoms with Crippen molar-refractivity contribution in [3.63, 3.8) is 0 Å². The lowest BCUT2D eigenvalue weighted by Gasteiger charge is -2.35. The third-order valence-corrected chi connectivity index (χ3v) is 4.50. The molecule has 1 aliphatic heterocycles. The molecule has 4 heteroatoms. The van der Waals surface area contributed by atoms with E-state index in [1.165, 1.54) is 12.8 Å². The summed E-state index contributed by atoms with van der Waals surface area (Å²) in [5.41, 5.74) is 1.04. The van der Waals surface area contributed by atoms with Crippen molar-refractivity contribution in [3.05, 3.63) is 35.9 Å². The number of hydrogen-bond donors (Lipinski definition) is 0. The zero-order chi connectivity index (χ0) is 14.2. The second-order valence-corrected chi connectivity index (χ2v) is 6.29. The Bertz CT molecular complexity index is 410. The van der Waals surface area contributed by atoms with Crippen molar-refractivity contribution in [3.8, 4) is 0 Å². The minimum atomic E-state index is -0.146. The maximum absolute atomic E-state index is 12.2. The number of ether oxygens (including phenoxy) is 1. The molecule has 1 aromatic carbocycles. The molecule has 1 atom stereocenters. The fraction of sp³-hybridized carbons (Fsp3) is 0.562. The van der Waals surface area contributed by atoms with Crippen LogP contribution in [0.1, 0.15) is 37.7 Å². The van der Waals surface area contributed by atoms with Crippen LogP contribution in [-0.4, -0.2) is 28.0 Å². The molecule has 110 valence electrons. The van der Waals surface area contributed by atoms with Gasteiger partial charge in [-0.25, -0.2) is 4.79 Å². The normalized spacial score (nSPS) is 18.9. The van der Waals surface area contributed by atoms with Crippen LogP contribution in [0.25, 0.3) is 0 Å². The topological polar surface area (TPSA) is 29.5 Å². The van der Waals surface area contributed by atoms with E-state index < -0.39 is 0 Å². The fourth-order valence-corrected chi connectivity index (χ4v) is 3.10. The van der Waals surface area contributed by atoms with Gasteiger partial charge in [-0.2, -0.15) is 0 Å². The molecule has 1 aromatic rings. The molecule has 0 aromatic heterocycles. The van der Waals surface area contributed by atoms with Crippen molar-refractivity contribution >= 4 is 28.7 Å². The molecular weight excluding hydrogens is 365 g/mol. The quantitative estimate of drug-likeness (QED) is 0.554. The van der Waals surface area contributed by atoms with Crippen LogP contribution < -0.4 is 0 Å². The maximum Gasteiger partial charge on any atom is 0.410 e. The summed E-state index contributed by atoms with van der Waals surface area (Å²) in [4.78, 5) is 14.2. The summed E-state index contributed by atoms with van der Waals surface area (Å²) in [5, 5.41) is 0. The molecule has 0 radical (unpaired) electrons. The SMILES string of the molecule is O=C(OCc1ccccc1)N1CCCC[C@@H]1CCCI. The van der Waals surface area contributed by atoms with Crippen LogP contribution in [0.2, 0.25) is 0 Å². The van der Waals surface area contributed by atoms with Gasteiger partial charge in [-0.05, 0) is 42.1 Å². The Hall–Kier alpha value is -0.780. The van der Waals surface area contributed by atoms with E-state index in [-0.39, 0.29) is 6.09 Å². The molecule has 1 amide bonds. The lowest BCUT2D eigenvalue weighted by atomic mass is 9.99. The highest BCUT2D eigenvalue weighted by Crippen LogP contribution is 2.22. The summed E-state index contributed by atoms with van der Waals surface area (Å²) in [6, 6.07) is 10.2. The van der Waals surface area contributed by atoms with Crippen LogP contribution in [0.4, 0.5) is 4.79 Å². The average Bonchev–Trinajstić information content (AvgIpc) is 2.52. The summed E-state index contributed by atoms with van der Waals surface area (Å²) < 4.78 is 6.62. The number of halogens is 1. The lowest BCUT2D eigenvalue weighted by Crippen LogP contribution is -2.44. The molecule has 0 N–H and O–H groups in total. The highest BCUT2D eigenvalue weighted by molar-refractivity contribution is 14.1. The van der Waals surface area contributed by atoms with Gasteiger partial charge in [-0.15, -0.1) is 0 Å². The molecule has 1 aliphatic rings. The van der Waals surface area contributed by atoms with E-state index in [0.29, 0.717) is 12.6 Å². The fourth-order valence-electron chi connectivity index (χ4n) is 2.66. The van der Waals surface area contributed by atoms with Crippen molar-refractivity contribution < 1.29 is 9.53 Å². The molecule has 20 heavy (non-hydrogen) atoms. The van der Waals surface area contributed by atoms with Crippen molar-refractivity contribution in [1.82, 2.24) is 4.90 Å². The third kappa shape index (κ3) is 4.65. The van der Waals surface area contributed by atoms with Gasteiger partial charge in [0, 0.05) is 12.6 Å². The van der Waals surface area contributed by atoms with Gasteiger partial charge in [0.05, 0.1) is 0 Å². The number of hydrogen-bond acceptors (Lipinski definition) is 2. The van der Waals surface area contributed by atoms with Gasteiger partial charge in [0.15, 0.2) is 0 Å². The monoisotopic (exact) mass is 387 g/mol. The zero-order valence-corrected chi connectivity index (χ0v) is 13.9. The predicted molar refractivity (Wildman–Crippen MR) is 89.1 cm³/mol. The van der Waals surface area contributed by atoms with E-state index in [1.807, 2.05) is 35.2 Å². The number of carbonyl (C=O) groups is 1. The van der Waals surface area contributed by atoms with Gasteiger partial charge in [-0.1, -0.05) is 52.9 Å². The summed E-state index contributed by atoms with van der Waals surface area (Å²) in [6.45, 7) is 1.22. The number of nitrogens with zero attached hydrogens (tertiary/aromatic N) is 1. The van der Waals surface area contributed by atoms with Gasteiger partial charge in [0.2, 0.25) is 0 Å². The van der Waals surface area contributed by atoms with E-state index in [2.05, 4.69) is 22.6 Å². The molecular formula is C16H22INO2. The van der Waals surface area contributed by atoms with E-state index in [0.717, 1.165) is 35.8 Å². The van der Waals surface area contributed by atoms with Crippen molar-refractivity contribution in [2.45, 2.75) is 44.8 Å². The summed E-state index contributed by atoms with van der Waals surface area (Å²) in [5.74, 6) is 0. The molecule has 1 saturated heterocycles. The van der Waals surface area contributed by atoms with Gasteiger partial charge >= 0.3 is 6.09 Å². The number of rotatable bonds is 5. The Kier molecular flexibility index (Phi) is 6.63. The first-order chi connectivity index (χ1) is 9.81. The largest absolute Gasteiger partial charge is 0.445 e. The number of piperidine rings is 1. The molecule has 0 aliphatic carbocycles. The van der Waals surface area contributed by atoms with Crippen molar-refractivity contribution in [1.29, 1.82) is 0 Å². The van der Waals surface area contributed by atoms with Crippen LogP contribution in [0, 0.1) is 0 Å². The van der Waals surface area contributed by atoms with E-state index in [9.17, 15) is 4.79 Å². The van der Waals surface area contributed by atoms with Crippen LogP contribution in [0.5, 0.6) is 0 Å². The molecule has 2 rings (SSSR count). The maximum atomic E-state index is 12.2. The van der Waals surface area contributed by atoms with Crippen LogP contribution in [0.3, 0.4) is 0 Å². The Labute approximate surface area is 134 Å². The Balaban J connectivity index is 1.85. The smallest absolute Gasteiger partial charge is 0.410 e. The molecule has 1 heterocycles. The highest BCUT2D eigenvalue weighted by atomic mass is 127. The first-order valence-corrected chi connectivity index (χ1v) is 8.87. The van der Waals surface area contributed by atoms with Gasteiger partial charge < -0.3 is 9.64 Å². The zero-order valence-electron chi connectivity index (χ0n) is 11.8. The summed E-state index contributed by atoms with van der Waals surface area (Å²) >= 11 is 2.40. The molecule has 0 unspecified atom stereocenters. The Morgan fingerprint density at radius 3 is 2.85 bits per heavy atom. The van der Waals surface area contributed by atoms with Crippen molar-refractivity contribution in [2.75, 3.05) is 11.0 Å². The number of likely N-dealkylation sites (tertiary alicyclic amines) is 1. The first-order valence-electron chi connectivity index (χ1n) is 7.34. The van der Waals surface area contributed by atoms with Gasteiger partial charge in [0.25, 0.3) is 0 Å². The second-order valence-electron chi connectivity index (χ2n) is 5.21. The van der Waals surface area contributed by atoms with E-state index in [1.54, 1.807) is 0 Å². The molecule has 3 nitrogen and oxygen atoms in total. The highest BCUT2D eigenvalue weighted by Gasteiger charge is 2.27. The van der Waals surface area contributed by atoms with Gasteiger partial charge in [-0.3, -0.25) is 0 Å². The van der Waals surface area contributed by atoms with Crippen LogP contribution >= 0.6 is 22.6 Å². The first kappa shape index (κ1) is 15.6. The number of alkyl halides is 1. The van der Waals surface area contributed by atoms with Gasteiger partial charge in [0.1, 0.15) is 6.61 Å². The summed E-state index contributed by atoms with van der Waals surface area (Å²) in [6.07, 6.45) is 5.58. The van der Waals surface area contributed by atoms with Crippen LogP contribution in [0.15, 0.2) is 30.3 Å². The number of benzene rings is 1. The number of amides is 1. The minimum absolute atomic E-state index is 0.146. The molecule has 0 saturated carbocycles. The molecule has 0 spiro atoms. The van der Waals surface area contributed by atoms with E-state index in [4.69, 9.17) is 4.74 Å². The Morgan fingerprint density at radius 2 is 2.10 bits per heavy atom. The predicted octanol–water partition coefficient (Wildman–Crippen LogP) is 4.39. The van der Waals surface area contributed by atoms with E-state index >= 15 is 0 Å². The second kappa shape index (κ2) is 8.49. The minimum Gasteiger partial charge on any atom is -0.445 e. The third-order valence-electron chi connectivity index (χ3n) is 3.74. The Morgan fingerprint density at radius 1 is 1.30 bits per heavy atom. The average molecular weight is 387 g/mol. The molecule has 0 bridgehead atoms. The van der Waals surface area contributed by atoms with Crippen LogP contribution in [-0.2, 0) is 11.3 Å². The van der Waals surface area contributed by atoms with Crippen molar-refractivity contribution in [2.24, 2.45) is 0 Å². The standard InChI is InChI=1S/C16H22INO2/c17-11-6-10-15-9-4-5-12-18(15)16(19)20-13-14-7-2-1-3-8-14/h1-3,7-8,15H,4-6,9-13H2/t15-/m1/s1.